The van der Waals surface area contributed by atoms with E-state index in [1.807, 2.05) is 0 Å². The molecule has 1 atom stereocenters. The maximum atomic E-state index is 13.9. The molecule has 1 aliphatic rings. The van der Waals surface area contributed by atoms with E-state index in [4.69, 9.17) is 11.2 Å². The van der Waals surface area contributed by atoms with Gasteiger partial charge in [0.05, 0.1) is 17.9 Å². The lowest BCUT2D eigenvalue weighted by Crippen LogP contribution is -2.45. The van der Waals surface area contributed by atoms with Crippen LogP contribution in [0.1, 0.15) is 46.9 Å². The highest BCUT2D eigenvalue weighted by Crippen LogP contribution is 2.38. The minimum atomic E-state index is -4.75. The zero-order valence-electron chi connectivity index (χ0n) is 22.8. The molecule has 0 spiro atoms. The van der Waals surface area contributed by atoms with E-state index in [0.29, 0.717) is 11.3 Å². The molecule has 1 aliphatic heterocycles. The zero-order valence-corrected chi connectivity index (χ0v) is 24.4. The lowest BCUT2D eigenvalue weighted by molar-refractivity contribution is -0.137. The largest absolute Gasteiger partial charge is 0.491 e. The Labute approximate surface area is 245 Å². The van der Waals surface area contributed by atoms with Crippen LogP contribution in [0.2, 0.25) is 0 Å². The molecule has 1 aromatic heterocycles. The number of anilines is 2. The summed E-state index contributed by atoms with van der Waals surface area (Å²) in [5.41, 5.74) is -0.275. The lowest BCUT2D eigenvalue weighted by Gasteiger charge is -2.29. The summed E-state index contributed by atoms with van der Waals surface area (Å²) in [5, 5.41) is 1.60. The van der Waals surface area contributed by atoms with Gasteiger partial charge in [0, 0.05) is 35.9 Å². The Bertz CT molecular complexity index is 1630. The van der Waals surface area contributed by atoms with E-state index in [2.05, 4.69) is 15.6 Å². The van der Waals surface area contributed by atoms with Gasteiger partial charge in [0.2, 0.25) is 15.9 Å². The fourth-order valence-corrected chi connectivity index (χ4v) is 5.62. The van der Waals surface area contributed by atoms with Crippen molar-refractivity contribution in [2.24, 2.45) is 0 Å². The number of nitrogens with one attached hydrogen (secondary N) is 1. The third kappa shape index (κ3) is 7.40. The minimum absolute atomic E-state index is 0.100. The van der Waals surface area contributed by atoms with E-state index in [1.165, 1.54) is 16.3 Å². The topological polar surface area (TPSA) is 109 Å². The Kier molecular flexibility index (Phi) is 8.84. The number of aromatic nitrogens is 1. The number of carbonyl (C=O) groups is 2. The van der Waals surface area contributed by atoms with Gasteiger partial charge in [-0.2, -0.15) is 13.2 Å². The molecule has 4 rings (SSSR count). The number of halogens is 3. The first kappa shape index (κ1) is 30.9. The molecule has 3 aromatic rings. The lowest BCUT2D eigenvalue weighted by atomic mass is 10.1. The number of hydrogen-bond acceptors (Lipinski definition) is 7. The molecule has 1 fully saturated rings. The summed E-state index contributed by atoms with van der Waals surface area (Å²) in [6, 6.07) is 8.22. The number of alkyl halides is 3. The van der Waals surface area contributed by atoms with E-state index >= 15 is 0 Å². The molecule has 2 aromatic carbocycles. The van der Waals surface area contributed by atoms with Crippen molar-refractivity contribution in [1.29, 1.82) is 0 Å². The van der Waals surface area contributed by atoms with E-state index < -0.39 is 45.7 Å². The fourth-order valence-electron chi connectivity index (χ4n) is 4.46. The number of carbonyl (C=O) groups excluding carboxylic acids is 2. The normalized spacial score (nSPS) is 15.5. The van der Waals surface area contributed by atoms with Crippen molar-refractivity contribution in [3.05, 3.63) is 69.7 Å². The summed E-state index contributed by atoms with van der Waals surface area (Å²) in [6.07, 6.45) is 1.36. The molecule has 9 nitrogen and oxygen atoms in total. The molecular weight excluding hydrogens is 593 g/mol. The van der Waals surface area contributed by atoms with Crippen molar-refractivity contribution in [2.45, 2.75) is 45.1 Å². The van der Waals surface area contributed by atoms with Crippen LogP contribution in [0.15, 0.2) is 47.8 Å². The summed E-state index contributed by atoms with van der Waals surface area (Å²) in [5.74, 6) is 0.961. The molecule has 1 unspecified atom stereocenters. The number of amides is 2. The van der Waals surface area contributed by atoms with Crippen molar-refractivity contribution < 1.29 is 35.9 Å². The minimum Gasteiger partial charge on any atom is -0.491 e. The Hall–Kier alpha value is -4.09. The summed E-state index contributed by atoms with van der Waals surface area (Å²) < 4.78 is 72.5. The van der Waals surface area contributed by atoms with Crippen LogP contribution >= 0.6 is 11.3 Å². The van der Waals surface area contributed by atoms with Crippen molar-refractivity contribution in [2.75, 3.05) is 22.4 Å². The summed E-state index contributed by atoms with van der Waals surface area (Å²) in [4.78, 5) is 34.0. The zero-order chi connectivity index (χ0) is 30.8. The summed E-state index contributed by atoms with van der Waals surface area (Å²) in [7, 11) is -3.46. The quantitative estimate of drug-likeness (QED) is 0.346. The van der Waals surface area contributed by atoms with Crippen molar-refractivity contribution >= 4 is 44.5 Å². The first-order valence-corrected chi connectivity index (χ1v) is 15.4. The SMILES string of the molecule is C#Cc1nc(C(=O)N(c2cc(OC(C)C)cc(C(F)(F)F)c2)C2CCN(Cc3ccc(NS(C)(=O)=O)cc3)C2=O)cs1. The van der Waals surface area contributed by atoms with Crippen LogP contribution in [-0.2, 0) is 27.5 Å². The van der Waals surface area contributed by atoms with Crippen LogP contribution in [0.3, 0.4) is 0 Å². The number of hydrogen-bond donors (Lipinski definition) is 1. The molecule has 2 heterocycles. The van der Waals surface area contributed by atoms with Gasteiger partial charge in [-0.15, -0.1) is 17.8 Å². The van der Waals surface area contributed by atoms with Gasteiger partial charge in [0.1, 0.15) is 17.5 Å². The second kappa shape index (κ2) is 12.0. The van der Waals surface area contributed by atoms with Crippen LogP contribution < -0.4 is 14.4 Å². The molecule has 0 bridgehead atoms. The number of benzene rings is 2. The van der Waals surface area contributed by atoms with Crippen LogP contribution in [0.4, 0.5) is 24.5 Å². The van der Waals surface area contributed by atoms with Gasteiger partial charge in [-0.05, 0) is 56.0 Å². The van der Waals surface area contributed by atoms with E-state index in [-0.39, 0.29) is 41.6 Å². The van der Waals surface area contributed by atoms with Gasteiger partial charge < -0.3 is 9.64 Å². The number of sulfonamides is 1. The average Bonchev–Trinajstić information content (AvgIpc) is 3.51. The molecular formula is C28H27F3N4O5S2. The molecule has 1 N–H and O–H groups in total. The number of thiazole rings is 1. The van der Waals surface area contributed by atoms with Gasteiger partial charge in [-0.3, -0.25) is 19.2 Å². The molecule has 0 aliphatic carbocycles. The highest BCUT2D eigenvalue weighted by atomic mass is 32.2. The highest BCUT2D eigenvalue weighted by molar-refractivity contribution is 7.92. The van der Waals surface area contributed by atoms with Crippen molar-refractivity contribution in [3.63, 3.8) is 0 Å². The Morgan fingerprint density at radius 3 is 2.52 bits per heavy atom. The van der Waals surface area contributed by atoms with Crippen molar-refractivity contribution in [3.8, 4) is 18.1 Å². The maximum absolute atomic E-state index is 13.9. The first-order valence-electron chi connectivity index (χ1n) is 12.6. The molecule has 222 valence electrons. The van der Waals surface area contributed by atoms with Crippen LogP contribution in [0.25, 0.3) is 0 Å². The maximum Gasteiger partial charge on any atom is 0.416 e. The van der Waals surface area contributed by atoms with Crippen LogP contribution in [0.5, 0.6) is 5.75 Å². The van der Waals surface area contributed by atoms with E-state index in [0.717, 1.165) is 34.6 Å². The summed E-state index contributed by atoms with van der Waals surface area (Å²) in [6.45, 7) is 3.67. The van der Waals surface area contributed by atoms with Gasteiger partial charge in [0.15, 0.2) is 5.01 Å². The van der Waals surface area contributed by atoms with Gasteiger partial charge in [-0.1, -0.05) is 12.1 Å². The molecule has 0 radical (unpaired) electrons. The smallest absolute Gasteiger partial charge is 0.416 e. The third-order valence-corrected chi connectivity index (χ3v) is 7.53. The number of rotatable bonds is 9. The first-order chi connectivity index (χ1) is 19.6. The predicted molar refractivity (Wildman–Crippen MR) is 153 cm³/mol. The standard InChI is InChI=1S/C28H27F3N4O5S2/c1-5-25-32-23(16-41-25)26(36)35(21-12-19(28(29,30)31)13-22(14-21)40-17(2)3)24-10-11-34(27(24)37)15-18-6-8-20(9-7-18)33-42(4,38)39/h1,6-9,12-14,16-17,24,33H,10-11,15H2,2-4H3. The average molecular weight is 621 g/mol. The van der Waals surface area contributed by atoms with Crippen LogP contribution in [-0.4, -0.2) is 55.1 Å². The van der Waals surface area contributed by atoms with Gasteiger partial charge in [-0.25, -0.2) is 13.4 Å². The molecule has 0 saturated carbocycles. The predicted octanol–water partition coefficient (Wildman–Crippen LogP) is 4.75. The number of ether oxygens (including phenoxy) is 1. The monoisotopic (exact) mass is 620 g/mol. The Balaban J connectivity index is 1.69. The second-order valence-corrected chi connectivity index (χ2v) is 12.5. The Morgan fingerprint density at radius 2 is 1.95 bits per heavy atom. The highest BCUT2D eigenvalue weighted by Gasteiger charge is 2.41. The molecule has 1 saturated heterocycles. The third-order valence-electron chi connectivity index (χ3n) is 6.15. The second-order valence-electron chi connectivity index (χ2n) is 9.87. The van der Waals surface area contributed by atoms with Crippen molar-refractivity contribution in [1.82, 2.24) is 9.88 Å². The van der Waals surface area contributed by atoms with Crippen LogP contribution in [0, 0.1) is 12.3 Å². The fraction of sp³-hybridized carbons (Fsp3) is 0.321. The molecule has 2 amide bonds. The summed E-state index contributed by atoms with van der Waals surface area (Å²) >= 11 is 1.02. The van der Waals surface area contributed by atoms with E-state index in [1.54, 1.807) is 38.1 Å². The Morgan fingerprint density at radius 1 is 1.26 bits per heavy atom. The van der Waals surface area contributed by atoms with Gasteiger partial charge in [0.25, 0.3) is 5.91 Å². The van der Waals surface area contributed by atoms with Gasteiger partial charge >= 0.3 is 6.18 Å². The number of nitrogens with zero attached hydrogens (tertiary/aromatic N) is 3. The van der Waals surface area contributed by atoms with E-state index in [9.17, 15) is 31.2 Å². The number of likely N-dealkylation sites (tertiary alicyclic amines) is 1. The molecule has 42 heavy (non-hydrogen) atoms. The number of terminal acetylenes is 1. The molecule has 14 heteroatoms.